The molecule has 116 valence electrons. The van der Waals surface area contributed by atoms with Gasteiger partial charge in [-0.15, -0.1) is 0 Å². The van der Waals surface area contributed by atoms with Crippen LogP contribution in [-0.2, 0) is 4.79 Å². The monoisotopic (exact) mass is 297 g/mol. The van der Waals surface area contributed by atoms with Gasteiger partial charge in [0.1, 0.15) is 5.75 Å². The summed E-state index contributed by atoms with van der Waals surface area (Å²) in [6.45, 7) is 9.77. The zero-order valence-corrected chi connectivity index (χ0v) is 13.9. The molecular formula is C19H23NO2. The number of amides is 1. The lowest BCUT2D eigenvalue weighted by Crippen LogP contribution is -2.30. The molecular weight excluding hydrogens is 274 g/mol. The topological polar surface area (TPSA) is 38.3 Å². The van der Waals surface area contributed by atoms with E-state index in [1.165, 1.54) is 0 Å². The Morgan fingerprint density at radius 2 is 1.50 bits per heavy atom. The number of carbonyl (C=O) groups is 1. The van der Waals surface area contributed by atoms with Crippen molar-refractivity contribution in [2.24, 2.45) is 0 Å². The van der Waals surface area contributed by atoms with Crippen molar-refractivity contribution in [1.82, 2.24) is 0 Å². The molecule has 1 atom stereocenters. The standard InChI is InChI=1S/C19H23NO2/c1-12-8-7-11-17(15(12)4)20-19(21)16(5)22-18-13(2)9-6-10-14(18)3/h6-11,16H,1-5H3,(H,20,21)/t16-/m1/s1. The third kappa shape index (κ3) is 3.48. The molecule has 0 spiro atoms. The number of ether oxygens (including phenoxy) is 1. The van der Waals surface area contributed by atoms with Crippen LogP contribution in [0, 0.1) is 27.7 Å². The van der Waals surface area contributed by atoms with Crippen molar-refractivity contribution in [2.75, 3.05) is 5.32 Å². The van der Waals surface area contributed by atoms with Gasteiger partial charge < -0.3 is 10.1 Å². The Hall–Kier alpha value is -2.29. The average Bonchev–Trinajstić information content (AvgIpc) is 2.47. The van der Waals surface area contributed by atoms with Crippen molar-refractivity contribution in [3.05, 3.63) is 58.7 Å². The van der Waals surface area contributed by atoms with Crippen molar-refractivity contribution < 1.29 is 9.53 Å². The van der Waals surface area contributed by atoms with Crippen LogP contribution < -0.4 is 10.1 Å². The van der Waals surface area contributed by atoms with E-state index in [-0.39, 0.29) is 5.91 Å². The maximum absolute atomic E-state index is 12.4. The van der Waals surface area contributed by atoms with Crippen LogP contribution in [-0.4, -0.2) is 12.0 Å². The van der Waals surface area contributed by atoms with E-state index < -0.39 is 6.10 Å². The zero-order valence-electron chi connectivity index (χ0n) is 13.9. The molecule has 2 aromatic rings. The van der Waals surface area contributed by atoms with Gasteiger partial charge in [-0.05, 0) is 62.9 Å². The van der Waals surface area contributed by atoms with Crippen molar-refractivity contribution in [1.29, 1.82) is 0 Å². The normalized spacial score (nSPS) is 11.9. The van der Waals surface area contributed by atoms with Gasteiger partial charge in [0.25, 0.3) is 5.91 Å². The first-order valence-electron chi connectivity index (χ1n) is 7.50. The molecule has 0 saturated heterocycles. The van der Waals surface area contributed by atoms with Gasteiger partial charge in [0.15, 0.2) is 6.10 Å². The minimum Gasteiger partial charge on any atom is -0.480 e. The minimum atomic E-state index is -0.556. The molecule has 0 bridgehead atoms. The summed E-state index contributed by atoms with van der Waals surface area (Å²) >= 11 is 0. The second-order valence-corrected chi connectivity index (χ2v) is 5.72. The highest BCUT2D eigenvalue weighted by molar-refractivity contribution is 5.94. The van der Waals surface area contributed by atoms with Crippen LogP contribution in [0.3, 0.4) is 0 Å². The van der Waals surface area contributed by atoms with Gasteiger partial charge >= 0.3 is 0 Å². The summed E-state index contributed by atoms with van der Waals surface area (Å²) in [5.41, 5.74) is 5.14. The van der Waals surface area contributed by atoms with Crippen LogP contribution in [0.4, 0.5) is 5.69 Å². The molecule has 0 fully saturated rings. The highest BCUT2D eigenvalue weighted by atomic mass is 16.5. The van der Waals surface area contributed by atoms with Crippen molar-refractivity contribution >= 4 is 11.6 Å². The summed E-state index contributed by atoms with van der Waals surface area (Å²) in [6, 6.07) is 11.8. The van der Waals surface area contributed by atoms with Crippen LogP contribution in [0.1, 0.15) is 29.2 Å². The summed E-state index contributed by atoms with van der Waals surface area (Å²) in [6.07, 6.45) is -0.556. The van der Waals surface area contributed by atoms with E-state index in [0.717, 1.165) is 33.7 Å². The van der Waals surface area contributed by atoms with E-state index in [9.17, 15) is 4.79 Å². The van der Waals surface area contributed by atoms with Crippen LogP contribution in [0.25, 0.3) is 0 Å². The Morgan fingerprint density at radius 1 is 0.955 bits per heavy atom. The number of para-hydroxylation sites is 1. The molecule has 0 aromatic heterocycles. The highest BCUT2D eigenvalue weighted by Gasteiger charge is 2.17. The Morgan fingerprint density at radius 3 is 2.14 bits per heavy atom. The Labute approximate surface area is 132 Å². The second-order valence-electron chi connectivity index (χ2n) is 5.72. The van der Waals surface area contributed by atoms with Gasteiger partial charge in [0, 0.05) is 5.69 Å². The summed E-state index contributed by atoms with van der Waals surface area (Å²) in [5.74, 6) is 0.641. The van der Waals surface area contributed by atoms with Crippen LogP contribution in [0.5, 0.6) is 5.75 Å². The molecule has 0 aliphatic rings. The second kappa shape index (κ2) is 6.65. The number of benzene rings is 2. The van der Waals surface area contributed by atoms with E-state index in [1.807, 2.05) is 64.1 Å². The van der Waals surface area contributed by atoms with E-state index in [4.69, 9.17) is 4.74 Å². The lowest BCUT2D eigenvalue weighted by atomic mass is 10.1. The molecule has 3 heteroatoms. The SMILES string of the molecule is Cc1cccc(NC(=O)[C@@H](C)Oc2c(C)cccc2C)c1C. The number of carbonyl (C=O) groups excluding carboxylic acids is 1. The number of nitrogens with one attached hydrogen (secondary N) is 1. The zero-order chi connectivity index (χ0) is 16.3. The third-order valence-corrected chi connectivity index (χ3v) is 3.94. The predicted molar refractivity (Wildman–Crippen MR) is 90.6 cm³/mol. The number of hydrogen-bond donors (Lipinski definition) is 1. The maximum atomic E-state index is 12.4. The quantitative estimate of drug-likeness (QED) is 0.912. The maximum Gasteiger partial charge on any atom is 0.265 e. The van der Waals surface area contributed by atoms with Crippen LogP contribution in [0.2, 0.25) is 0 Å². The Bertz CT molecular complexity index is 672. The average molecular weight is 297 g/mol. The molecule has 0 saturated carbocycles. The third-order valence-electron chi connectivity index (χ3n) is 3.94. The minimum absolute atomic E-state index is 0.142. The van der Waals surface area contributed by atoms with Crippen molar-refractivity contribution in [2.45, 2.75) is 40.7 Å². The summed E-state index contributed by atoms with van der Waals surface area (Å²) in [4.78, 5) is 12.4. The lowest BCUT2D eigenvalue weighted by molar-refractivity contribution is -0.122. The smallest absolute Gasteiger partial charge is 0.265 e. The van der Waals surface area contributed by atoms with E-state index >= 15 is 0 Å². The number of rotatable bonds is 4. The molecule has 0 heterocycles. The molecule has 1 N–H and O–H groups in total. The molecule has 2 aromatic carbocycles. The van der Waals surface area contributed by atoms with Gasteiger partial charge in [-0.1, -0.05) is 30.3 Å². The fraction of sp³-hybridized carbons (Fsp3) is 0.316. The predicted octanol–water partition coefficient (Wildman–Crippen LogP) is 4.33. The van der Waals surface area contributed by atoms with E-state index in [0.29, 0.717) is 0 Å². The summed E-state index contributed by atoms with van der Waals surface area (Å²) in [7, 11) is 0. The molecule has 1 amide bonds. The number of aryl methyl sites for hydroxylation is 3. The van der Waals surface area contributed by atoms with Gasteiger partial charge in [-0.25, -0.2) is 0 Å². The fourth-order valence-corrected chi connectivity index (χ4v) is 2.34. The molecule has 0 aliphatic carbocycles. The first kappa shape index (κ1) is 16.1. The number of anilines is 1. The Kier molecular flexibility index (Phi) is 4.86. The molecule has 0 aliphatic heterocycles. The summed E-state index contributed by atoms with van der Waals surface area (Å²) in [5, 5.41) is 2.95. The molecule has 2 rings (SSSR count). The fourth-order valence-electron chi connectivity index (χ4n) is 2.34. The molecule has 0 radical (unpaired) electrons. The van der Waals surface area contributed by atoms with Gasteiger partial charge in [-0.2, -0.15) is 0 Å². The van der Waals surface area contributed by atoms with Crippen molar-refractivity contribution in [3.63, 3.8) is 0 Å². The van der Waals surface area contributed by atoms with Crippen LogP contribution in [0.15, 0.2) is 36.4 Å². The first-order chi connectivity index (χ1) is 10.4. The number of hydrogen-bond acceptors (Lipinski definition) is 2. The summed E-state index contributed by atoms with van der Waals surface area (Å²) < 4.78 is 5.87. The highest BCUT2D eigenvalue weighted by Crippen LogP contribution is 2.24. The first-order valence-corrected chi connectivity index (χ1v) is 7.50. The van der Waals surface area contributed by atoms with E-state index in [1.54, 1.807) is 6.92 Å². The van der Waals surface area contributed by atoms with E-state index in [2.05, 4.69) is 5.32 Å². The van der Waals surface area contributed by atoms with Crippen molar-refractivity contribution in [3.8, 4) is 5.75 Å². The van der Waals surface area contributed by atoms with Gasteiger partial charge in [0.2, 0.25) is 0 Å². The lowest BCUT2D eigenvalue weighted by Gasteiger charge is -2.19. The molecule has 22 heavy (non-hydrogen) atoms. The molecule has 0 unspecified atom stereocenters. The largest absolute Gasteiger partial charge is 0.480 e. The van der Waals surface area contributed by atoms with Gasteiger partial charge in [-0.3, -0.25) is 4.79 Å². The van der Waals surface area contributed by atoms with Crippen LogP contribution >= 0.6 is 0 Å². The molecule has 3 nitrogen and oxygen atoms in total. The Balaban J connectivity index is 2.11. The van der Waals surface area contributed by atoms with Gasteiger partial charge in [0.05, 0.1) is 0 Å².